The first-order valence-corrected chi connectivity index (χ1v) is 9.82. The van der Waals surface area contributed by atoms with Crippen LogP contribution < -0.4 is 5.32 Å². The molecule has 1 amide bonds. The Morgan fingerprint density at radius 3 is 2.92 bits per heavy atom. The zero-order chi connectivity index (χ0) is 17.1. The van der Waals surface area contributed by atoms with Crippen molar-refractivity contribution in [1.29, 1.82) is 0 Å². The van der Waals surface area contributed by atoms with Crippen molar-refractivity contribution in [3.63, 3.8) is 0 Å². The minimum absolute atomic E-state index is 0.268. The molecule has 0 bridgehead atoms. The lowest BCUT2D eigenvalue weighted by atomic mass is 9.96. The molecule has 0 aromatic carbocycles. The number of nitrogens with one attached hydrogen (secondary N) is 1. The predicted molar refractivity (Wildman–Crippen MR) is 100 cm³/mol. The van der Waals surface area contributed by atoms with Crippen LogP contribution in [0.3, 0.4) is 0 Å². The van der Waals surface area contributed by atoms with Crippen LogP contribution in [0.4, 0.5) is 5.13 Å². The van der Waals surface area contributed by atoms with Crippen LogP contribution in [-0.4, -0.2) is 43.8 Å². The van der Waals surface area contributed by atoms with Gasteiger partial charge in [0.15, 0.2) is 5.13 Å². The number of anilines is 1. The van der Waals surface area contributed by atoms with Crippen LogP contribution in [0.2, 0.25) is 0 Å². The molecule has 2 heterocycles. The predicted octanol–water partition coefficient (Wildman–Crippen LogP) is 3.17. The molecule has 24 heavy (non-hydrogen) atoms. The summed E-state index contributed by atoms with van der Waals surface area (Å²) in [6, 6.07) is 0.478. The van der Waals surface area contributed by atoms with Gasteiger partial charge in [-0.2, -0.15) is 0 Å². The quantitative estimate of drug-likeness (QED) is 0.597. The number of carbonyl (C=O) groups is 2. The Balaban J connectivity index is 1.67. The first kappa shape index (κ1) is 17.4. The lowest BCUT2D eigenvalue weighted by molar-refractivity contribution is -0.140. The van der Waals surface area contributed by atoms with Gasteiger partial charge in [-0.15, -0.1) is 11.3 Å². The third-order valence-electron chi connectivity index (χ3n) is 3.90. The van der Waals surface area contributed by atoms with E-state index in [1.54, 1.807) is 6.08 Å². The molecule has 9 heteroatoms. The van der Waals surface area contributed by atoms with Crippen molar-refractivity contribution in [2.75, 3.05) is 11.9 Å². The highest BCUT2D eigenvalue weighted by molar-refractivity contribution is 8.26. The van der Waals surface area contributed by atoms with Gasteiger partial charge >= 0.3 is 5.97 Å². The number of nitrogens with zero attached hydrogens (tertiary/aromatic N) is 2. The molecule has 6 nitrogen and oxygen atoms in total. The fourth-order valence-corrected chi connectivity index (χ4v) is 4.73. The number of amides is 1. The minimum atomic E-state index is -1.08. The molecule has 0 radical (unpaired) electrons. The van der Waals surface area contributed by atoms with E-state index < -0.39 is 12.5 Å². The van der Waals surface area contributed by atoms with Gasteiger partial charge in [-0.3, -0.25) is 14.5 Å². The molecule has 0 atom stereocenters. The van der Waals surface area contributed by atoms with Crippen LogP contribution in [-0.2, 0) is 9.59 Å². The molecule has 1 aliphatic heterocycles. The maximum atomic E-state index is 12.2. The van der Waals surface area contributed by atoms with Gasteiger partial charge in [0.05, 0.1) is 10.6 Å². The average molecular weight is 384 g/mol. The third-order valence-corrected chi connectivity index (χ3v) is 6.07. The normalized spacial score (nSPS) is 20.8. The van der Waals surface area contributed by atoms with Gasteiger partial charge in [0.1, 0.15) is 10.9 Å². The summed E-state index contributed by atoms with van der Waals surface area (Å²) in [6.07, 6.45) is 7.82. The van der Waals surface area contributed by atoms with Gasteiger partial charge in [-0.1, -0.05) is 43.2 Å². The molecule has 2 fully saturated rings. The second kappa shape index (κ2) is 7.62. The molecule has 1 saturated carbocycles. The molecular weight excluding hydrogens is 366 g/mol. The molecular formula is C15H17N3O3S3. The Hall–Kier alpha value is -1.45. The van der Waals surface area contributed by atoms with Crippen molar-refractivity contribution in [2.24, 2.45) is 0 Å². The average Bonchev–Trinajstić information content (AvgIpc) is 3.08. The number of thioether (sulfide) groups is 1. The molecule has 0 unspecified atom stereocenters. The van der Waals surface area contributed by atoms with Crippen LogP contribution >= 0.6 is 35.3 Å². The second-order valence-corrected chi connectivity index (χ2v) is 8.25. The van der Waals surface area contributed by atoms with Crippen LogP contribution in [0.5, 0.6) is 0 Å². The number of hydrogen-bond donors (Lipinski definition) is 2. The zero-order valence-electron chi connectivity index (χ0n) is 12.9. The van der Waals surface area contributed by atoms with Gasteiger partial charge in [0.2, 0.25) is 0 Å². The highest BCUT2D eigenvalue weighted by Gasteiger charge is 2.33. The largest absolute Gasteiger partial charge is 0.480 e. The Kier molecular flexibility index (Phi) is 5.52. The smallest absolute Gasteiger partial charge is 0.323 e. The van der Waals surface area contributed by atoms with E-state index in [-0.39, 0.29) is 10.2 Å². The fraction of sp³-hybridized carbons (Fsp3) is 0.467. The van der Waals surface area contributed by atoms with Crippen molar-refractivity contribution < 1.29 is 14.7 Å². The number of carboxylic acids is 1. The second-order valence-electron chi connectivity index (χ2n) is 5.72. The van der Waals surface area contributed by atoms with E-state index in [2.05, 4.69) is 10.3 Å². The number of thiazole rings is 1. The molecule has 128 valence electrons. The summed E-state index contributed by atoms with van der Waals surface area (Å²) in [5.74, 6) is -1.46. The summed E-state index contributed by atoms with van der Waals surface area (Å²) < 4.78 is 0.268. The maximum Gasteiger partial charge on any atom is 0.323 e. The number of rotatable bonds is 5. The first-order valence-electron chi connectivity index (χ1n) is 7.72. The fourth-order valence-electron chi connectivity index (χ4n) is 2.75. The van der Waals surface area contributed by atoms with Crippen molar-refractivity contribution in [2.45, 2.75) is 38.1 Å². The SMILES string of the molecule is O=C(O)CN1C(=O)C(=Cc2csc(NC3CCCCC3)n2)SC1=S. The summed E-state index contributed by atoms with van der Waals surface area (Å²) in [5.41, 5.74) is 0.689. The van der Waals surface area contributed by atoms with E-state index in [0.717, 1.165) is 21.8 Å². The minimum Gasteiger partial charge on any atom is -0.480 e. The van der Waals surface area contributed by atoms with Crippen molar-refractivity contribution >= 4 is 62.7 Å². The van der Waals surface area contributed by atoms with E-state index in [9.17, 15) is 9.59 Å². The molecule has 0 spiro atoms. The van der Waals surface area contributed by atoms with Gasteiger partial charge in [-0.05, 0) is 18.9 Å². The summed E-state index contributed by atoms with van der Waals surface area (Å²) >= 11 is 7.70. The highest BCUT2D eigenvalue weighted by atomic mass is 32.2. The topological polar surface area (TPSA) is 82.5 Å². The standard InChI is InChI=1S/C15H17N3O3S3/c19-12(20)7-18-13(21)11(24-15(18)22)6-10-8-23-14(17-10)16-9-4-2-1-3-5-9/h6,8-9H,1-5,7H2,(H,16,17)(H,19,20). The maximum absolute atomic E-state index is 12.2. The third kappa shape index (κ3) is 4.14. The lowest BCUT2D eigenvalue weighted by Crippen LogP contribution is -2.33. The molecule has 3 rings (SSSR count). The van der Waals surface area contributed by atoms with E-state index >= 15 is 0 Å². The van der Waals surface area contributed by atoms with Gasteiger partial charge in [0, 0.05) is 11.4 Å². The number of hydrogen-bond acceptors (Lipinski definition) is 7. The summed E-state index contributed by atoms with van der Waals surface area (Å²) in [7, 11) is 0. The van der Waals surface area contributed by atoms with Crippen molar-refractivity contribution in [1.82, 2.24) is 9.88 Å². The van der Waals surface area contributed by atoms with Crippen molar-refractivity contribution in [3.05, 3.63) is 16.0 Å². The lowest BCUT2D eigenvalue weighted by Gasteiger charge is -2.22. The summed E-state index contributed by atoms with van der Waals surface area (Å²) in [5, 5.41) is 15.0. The van der Waals surface area contributed by atoms with Gasteiger partial charge in [0.25, 0.3) is 5.91 Å². The number of carbonyl (C=O) groups excluding carboxylic acids is 1. The van der Waals surface area contributed by atoms with Gasteiger partial charge < -0.3 is 10.4 Å². The van der Waals surface area contributed by atoms with Crippen LogP contribution in [0.25, 0.3) is 6.08 Å². The van der Waals surface area contributed by atoms with E-state index in [1.807, 2.05) is 5.38 Å². The number of aromatic nitrogens is 1. The van der Waals surface area contributed by atoms with E-state index in [1.165, 1.54) is 43.4 Å². The Bertz CT molecular complexity index is 695. The molecule has 2 aliphatic rings. The Morgan fingerprint density at radius 2 is 2.21 bits per heavy atom. The summed E-state index contributed by atoms with van der Waals surface area (Å²) in [4.78, 5) is 29.0. The molecule has 1 aromatic heterocycles. The van der Waals surface area contributed by atoms with E-state index in [4.69, 9.17) is 17.3 Å². The number of aliphatic carboxylic acids is 1. The Morgan fingerprint density at radius 1 is 1.46 bits per heavy atom. The van der Waals surface area contributed by atoms with Crippen LogP contribution in [0, 0.1) is 0 Å². The molecule has 1 aromatic rings. The van der Waals surface area contributed by atoms with Gasteiger partial charge in [-0.25, -0.2) is 4.98 Å². The summed E-state index contributed by atoms with van der Waals surface area (Å²) in [6.45, 7) is -0.409. The van der Waals surface area contributed by atoms with Crippen LogP contribution in [0.15, 0.2) is 10.3 Å². The molecule has 1 aliphatic carbocycles. The number of thiocarbonyl (C=S) groups is 1. The Labute approximate surface area is 153 Å². The highest BCUT2D eigenvalue weighted by Crippen LogP contribution is 2.33. The van der Waals surface area contributed by atoms with E-state index in [0.29, 0.717) is 16.6 Å². The monoisotopic (exact) mass is 383 g/mol. The van der Waals surface area contributed by atoms with Crippen molar-refractivity contribution in [3.8, 4) is 0 Å². The molecule has 2 N–H and O–H groups in total. The van der Waals surface area contributed by atoms with Crippen LogP contribution in [0.1, 0.15) is 37.8 Å². The molecule has 1 saturated heterocycles. The zero-order valence-corrected chi connectivity index (χ0v) is 15.3. The first-order chi connectivity index (χ1) is 11.5. The number of carboxylic acid groups (broad SMARTS) is 1.